The Hall–Kier alpha value is -6.37. The summed E-state index contributed by atoms with van der Waals surface area (Å²) in [6, 6.07) is 24.1. The second kappa shape index (κ2) is 13.1. The number of fused-ring (bicyclic) bond motifs is 1. The average Bonchev–Trinajstić information content (AvgIpc) is 3.75. The lowest BCUT2D eigenvalue weighted by Gasteiger charge is -2.36. The van der Waals surface area contributed by atoms with Crippen molar-refractivity contribution in [2.24, 2.45) is 0 Å². The molecule has 2 aromatic heterocycles. The quantitative estimate of drug-likeness (QED) is 0.186. The number of ether oxygens (including phenoxy) is 2. The van der Waals surface area contributed by atoms with E-state index < -0.39 is 29.7 Å². The molecular formula is C39H35N7O6. The molecule has 1 saturated heterocycles. The van der Waals surface area contributed by atoms with Gasteiger partial charge in [0.1, 0.15) is 29.4 Å². The van der Waals surface area contributed by atoms with Crippen molar-refractivity contribution in [2.45, 2.75) is 63.1 Å². The third kappa shape index (κ3) is 6.25. The lowest BCUT2D eigenvalue weighted by molar-refractivity contribution is -0.136. The molecule has 4 heterocycles. The minimum absolute atomic E-state index is 0.0400. The predicted molar refractivity (Wildman–Crippen MR) is 188 cm³/mol. The normalized spacial score (nSPS) is 19.9. The van der Waals surface area contributed by atoms with Crippen molar-refractivity contribution in [3.63, 3.8) is 0 Å². The fourth-order valence-electron chi connectivity index (χ4n) is 6.85. The monoisotopic (exact) mass is 697 g/mol. The van der Waals surface area contributed by atoms with Crippen LogP contribution in [-0.4, -0.2) is 66.7 Å². The molecule has 1 unspecified atom stereocenters. The molecule has 3 aliphatic rings. The molecule has 0 bridgehead atoms. The zero-order valence-corrected chi connectivity index (χ0v) is 28.5. The van der Waals surface area contributed by atoms with Crippen LogP contribution in [0.15, 0.2) is 97.5 Å². The Labute approximate surface area is 298 Å². The molecule has 13 heteroatoms. The number of amides is 4. The maximum atomic E-state index is 13.2. The number of hydrogen-bond acceptors (Lipinski definition) is 10. The zero-order valence-electron chi connectivity index (χ0n) is 28.5. The number of benzene rings is 3. The van der Waals surface area contributed by atoms with Crippen LogP contribution in [0.1, 0.15) is 71.4 Å². The summed E-state index contributed by atoms with van der Waals surface area (Å²) in [6.07, 6.45) is 6.63. The van der Waals surface area contributed by atoms with Crippen molar-refractivity contribution < 1.29 is 28.7 Å². The number of hydrogen-bond donors (Lipinski definition) is 2. The first kappa shape index (κ1) is 32.8. The molecule has 4 amide bonds. The number of imide groups is 2. The maximum absolute atomic E-state index is 13.2. The van der Waals surface area contributed by atoms with Gasteiger partial charge in [-0.25, -0.2) is 4.98 Å². The van der Waals surface area contributed by atoms with Crippen molar-refractivity contribution in [3.8, 4) is 23.1 Å². The first-order valence-electron chi connectivity index (χ1n) is 17.1. The molecule has 0 spiro atoms. The lowest BCUT2D eigenvalue weighted by Crippen LogP contribution is -2.54. The fourth-order valence-corrected chi connectivity index (χ4v) is 6.85. The SMILES string of the molecule is CC(C)(c1ccc(Oc2ccc(-n3nccn3)nc2)cc1)c1ccc(O[C@H]2C[C@@H](Nc3ccc4c(c3)C(=O)N(C3CCC(=O)NC3=O)C4=O)C2)cc1. The van der Waals surface area contributed by atoms with E-state index >= 15 is 0 Å². The summed E-state index contributed by atoms with van der Waals surface area (Å²) in [6.45, 7) is 4.36. The Kier molecular flexibility index (Phi) is 8.25. The number of rotatable bonds is 10. The van der Waals surface area contributed by atoms with E-state index in [4.69, 9.17) is 9.47 Å². The van der Waals surface area contributed by atoms with Gasteiger partial charge in [0.25, 0.3) is 11.8 Å². The second-order valence-corrected chi connectivity index (χ2v) is 13.7. The van der Waals surface area contributed by atoms with Crippen molar-refractivity contribution in [2.75, 3.05) is 5.32 Å². The minimum Gasteiger partial charge on any atom is -0.490 e. The molecule has 0 radical (unpaired) electrons. The van der Waals surface area contributed by atoms with Crippen LogP contribution >= 0.6 is 0 Å². The lowest BCUT2D eigenvalue weighted by atomic mass is 9.78. The first-order chi connectivity index (χ1) is 25.1. The van der Waals surface area contributed by atoms with Gasteiger partial charge in [0, 0.05) is 36.4 Å². The summed E-state index contributed by atoms with van der Waals surface area (Å²) in [5.74, 6) is 0.660. The van der Waals surface area contributed by atoms with E-state index in [0.717, 1.165) is 40.3 Å². The van der Waals surface area contributed by atoms with E-state index in [0.29, 0.717) is 17.3 Å². The molecule has 1 saturated carbocycles. The van der Waals surface area contributed by atoms with Crippen LogP contribution in [0, 0.1) is 0 Å². The Balaban J connectivity index is 0.831. The summed E-state index contributed by atoms with van der Waals surface area (Å²) < 4.78 is 12.3. The van der Waals surface area contributed by atoms with E-state index in [9.17, 15) is 19.2 Å². The molecule has 262 valence electrons. The molecule has 13 nitrogen and oxygen atoms in total. The fraction of sp³-hybridized carbons (Fsp3) is 0.256. The number of nitrogens with zero attached hydrogens (tertiary/aromatic N) is 5. The number of carbonyl (C=O) groups excluding carboxylic acids is 4. The summed E-state index contributed by atoms with van der Waals surface area (Å²) in [7, 11) is 0. The Morgan fingerprint density at radius 2 is 1.44 bits per heavy atom. The summed E-state index contributed by atoms with van der Waals surface area (Å²) in [4.78, 5) is 56.9. The number of anilines is 1. The highest BCUT2D eigenvalue weighted by Crippen LogP contribution is 2.36. The average molecular weight is 698 g/mol. The van der Waals surface area contributed by atoms with Crippen LogP contribution in [0.3, 0.4) is 0 Å². The van der Waals surface area contributed by atoms with Gasteiger partial charge in [0.2, 0.25) is 11.8 Å². The maximum Gasteiger partial charge on any atom is 0.262 e. The van der Waals surface area contributed by atoms with Gasteiger partial charge in [0.05, 0.1) is 29.7 Å². The van der Waals surface area contributed by atoms with Crippen LogP contribution in [-0.2, 0) is 15.0 Å². The molecule has 2 fully saturated rings. The van der Waals surface area contributed by atoms with Crippen molar-refractivity contribution >= 4 is 29.3 Å². The van der Waals surface area contributed by atoms with Gasteiger partial charge >= 0.3 is 0 Å². The van der Waals surface area contributed by atoms with Crippen LogP contribution in [0.25, 0.3) is 5.82 Å². The van der Waals surface area contributed by atoms with Gasteiger partial charge in [-0.3, -0.25) is 29.4 Å². The second-order valence-electron chi connectivity index (χ2n) is 13.7. The van der Waals surface area contributed by atoms with Gasteiger partial charge in [-0.05, 0) is 72.1 Å². The molecule has 1 atom stereocenters. The van der Waals surface area contributed by atoms with Gasteiger partial charge < -0.3 is 14.8 Å². The number of carbonyl (C=O) groups is 4. The van der Waals surface area contributed by atoms with Gasteiger partial charge in [0.15, 0.2) is 5.82 Å². The van der Waals surface area contributed by atoms with Crippen LogP contribution in [0.4, 0.5) is 5.69 Å². The van der Waals surface area contributed by atoms with Gasteiger partial charge in [-0.15, -0.1) is 4.80 Å². The van der Waals surface area contributed by atoms with E-state index in [1.807, 2.05) is 30.3 Å². The van der Waals surface area contributed by atoms with Gasteiger partial charge in [-0.1, -0.05) is 38.1 Å². The van der Waals surface area contributed by atoms with E-state index in [1.54, 1.807) is 42.9 Å². The third-order valence-corrected chi connectivity index (χ3v) is 9.94. The minimum atomic E-state index is -0.987. The summed E-state index contributed by atoms with van der Waals surface area (Å²) >= 11 is 0. The summed E-state index contributed by atoms with van der Waals surface area (Å²) in [5, 5.41) is 13.8. The first-order valence-corrected chi connectivity index (χ1v) is 17.1. The Bertz CT molecular complexity index is 2160. The molecule has 1 aliphatic carbocycles. The van der Waals surface area contributed by atoms with Crippen LogP contribution in [0.2, 0.25) is 0 Å². The van der Waals surface area contributed by atoms with Crippen LogP contribution < -0.4 is 20.1 Å². The zero-order chi connectivity index (χ0) is 36.0. The molecule has 8 rings (SSSR count). The third-order valence-electron chi connectivity index (χ3n) is 9.94. The van der Waals surface area contributed by atoms with Gasteiger partial charge in [-0.2, -0.15) is 10.2 Å². The smallest absolute Gasteiger partial charge is 0.262 e. The molecule has 52 heavy (non-hydrogen) atoms. The van der Waals surface area contributed by atoms with Crippen LogP contribution in [0.5, 0.6) is 17.2 Å². The topological polar surface area (TPSA) is 158 Å². The predicted octanol–water partition coefficient (Wildman–Crippen LogP) is 5.20. The van der Waals surface area contributed by atoms with Crippen molar-refractivity contribution in [1.29, 1.82) is 0 Å². The number of piperidine rings is 1. The molecule has 2 N–H and O–H groups in total. The number of nitrogens with one attached hydrogen (secondary N) is 2. The van der Waals surface area contributed by atoms with E-state index in [-0.39, 0.29) is 41.5 Å². The van der Waals surface area contributed by atoms with E-state index in [2.05, 4.69) is 63.9 Å². The van der Waals surface area contributed by atoms with Crippen molar-refractivity contribution in [1.82, 2.24) is 30.2 Å². The summed E-state index contributed by atoms with van der Waals surface area (Å²) in [5.41, 5.74) is 3.25. The standard InChI is InChI=1S/C39H35N7O6/c1-39(2,23-3-8-27(9-4-23)51-29-12-15-34(40-22-29)46-41-17-18-42-46)24-5-10-28(11-6-24)52-30-19-26(20-30)43-25-7-13-31-32(21-25)38(50)45(37(31)49)33-14-16-35(47)44-36(33)48/h3-13,15,17-18,21-22,26,30,33,43H,14,16,19-20H2,1-2H3,(H,44,47,48)/t26-,30+,33?. The highest BCUT2D eigenvalue weighted by Gasteiger charge is 2.45. The Morgan fingerprint density at radius 3 is 2.10 bits per heavy atom. The largest absolute Gasteiger partial charge is 0.490 e. The molecule has 3 aromatic carbocycles. The molecule has 2 aliphatic heterocycles. The van der Waals surface area contributed by atoms with E-state index in [1.165, 1.54) is 4.80 Å². The number of pyridine rings is 1. The Morgan fingerprint density at radius 1 is 0.788 bits per heavy atom. The molecule has 5 aromatic rings. The van der Waals surface area contributed by atoms with Crippen molar-refractivity contribution in [3.05, 3.63) is 120 Å². The highest BCUT2D eigenvalue weighted by molar-refractivity contribution is 6.23. The highest BCUT2D eigenvalue weighted by atomic mass is 16.5. The number of aromatic nitrogens is 4. The molecular weight excluding hydrogens is 662 g/mol.